The molecule has 0 spiro atoms. The molecule has 0 radical (unpaired) electrons. The fourth-order valence-electron chi connectivity index (χ4n) is 3.07. The summed E-state index contributed by atoms with van der Waals surface area (Å²) in [6.07, 6.45) is 1.39. The third-order valence-electron chi connectivity index (χ3n) is 3.92. The molecule has 2 unspecified atom stereocenters. The lowest BCUT2D eigenvalue weighted by Crippen LogP contribution is -2.64. The van der Waals surface area contributed by atoms with E-state index in [1.807, 2.05) is 13.8 Å². The summed E-state index contributed by atoms with van der Waals surface area (Å²) in [6, 6.07) is -1.11. The Morgan fingerprint density at radius 2 is 1.95 bits per heavy atom. The molecule has 0 aromatic carbocycles. The molecule has 0 N–H and O–H groups in total. The smallest absolute Gasteiger partial charge is 0.329 e. The first-order valence-electron chi connectivity index (χ1n) is 7.04. The van der Waals surface area contributed by atoms with E-state index in [-0.39, 0.29) is 41.8 Å². The number of halogens is 3. The van der Waals surface area contributed by atoms with Crippen molar-refractivity contribution >= 4 is 23.6 Å². The number of alkyl halides is 3. The van der Waals surface area contributed by atoms with Gasteiger partial charge in [-0.25, -0.2) is 0 Å². The lowest BCUT2D eigenvalue weighted by atomic mass is 9.96. The van der Waals surface area contributed by atoms with Crippen LogP contribution in [0.3, 0.4) is 0 Å². The molecular formula is C13H19F3N2O2S. The summed E-state index contributed by atoms with van der Waals surface area (Å²) in [6.45, 7) is 4.16. The predicted molar refractivity (Wildman–Crippen MR) is 73.6 cm³/mol. The number of carbonyl (C=O) groups is 2. The summed E-state index contributed by atoms with van der Waals surface area (Å²) < 4.78 is 36.7. The second-order valence-corrected chi connectivity index (χ2v) is 6.86. The van der Waals surface area contributed by atoms with Gasteiger partial charge in [-0.3, -0.25) is 9.59 Å². The van der Waals surface area contributed by atoms with Crippen molar-refractivity contribution in [2.45, 2.75) is 44.3 Å². The largest absolute Gasteiger partial charge is 0.441 e. The van der Waals surface area contributed by atoms with Crippen molar-refractivity contribution in [1.82, 2.24) is 9.80 Å². The number of piperazine rings is 1. The van der Waals surface area contributed by atoms with Crippen molar-refractivity contribution in [2.75, 3.05) is 18.8 Å². The maximum atomic E-state index is 12.5. The van der Waals surface area contributed by atoms with Gasteiger partial charge in [0.05, 0.1) is 0 Å². The van der Waals surface area contributed by atoms with Crippen molar-refractivity contribution in [2.24, 2.45) is 5.92 Å². The number of nitrogens with zero attached hydrogens (tertiary/aromatic N) is 2. The van der Waals surface area contributed by atoms with E-state index in [0.29, 0.717) is 13.0 Å². The van der Waals surface area contributed by atoms with Gasteiger partial charge in [-0.05, 0) is 30.5 Å². The van der Waals surface area contributed by atoms with E-state index in [1.165, 1.54) is 4.90 Å². The first-order valence-corrected chi connectivity index (χ1v) is 8.02. The molecule has 2 aliphatic rings. The highest BCUT2D eigenvalue weighted by atomic mass is 32.2. The molecule has 2 amide bonds. The van der Waals surface area contributed by atoms with E-state index in [4.69, 9.17) is 0 Å². The average Bonchev–Trinajstić information content (AvgIpc) is 2.82. The summed E-state index contributed by atoms with van der Waals surface area (Å²) >= 11 is -0.149. The fourth-order valence-corrected chi connectivity index (χ4v) is 3.59. The molecule has 2 saturated heterocycles. The summed E-state index contributed by atoms with van der Waals surface area (Å²) in [4.78, 5) is 27.9. The van der Waals surface area contributed by atoms with E-state index in [9.17, 15) is 22.8 Å². The molecule has 2 atom stereocenters. The third kappa shape index (κ3) is 3.46. The molecule has 0 bridgehead atoms. The summed E-state index contributed by atoms with van der Waals surface area (Å²) in [5, 5.41) is 0. The Morgan fingerprint density at radius 1 is 1.29 bits per heavy atom. The molecule has 0 aromatic rings. The van der Waals surface area contributed by atoms with Gasteiger partial charge in [-0.15, -0.1) is 0 Å². The Bertz CT molecular complexity index is 428. The van der Waals surface area contributed by atoms with Crippen molar-refractivity contribution in [1.29, 1.82) is 0 Å². The van der Waals surface area contributed by atoms with Crippen LogP contribution >= 0.6 is 11.8 Å². The predicted octanol–water partition coefficient (Wildman–Crippen LogP) is 2.10. The highest BCUT2D eigenvalue weighted by Gasteiger charge is 2.48. The van der Waals surface area contributed by atoms with Gasteiger partial charge in [-0.2, -0.15) is 13.2 Å². The van der Waals surface area contributed by atoms with Crippen molar-refractivity contribution in [3.05, 3.63) is 0 Å². The Hall–Kier alpha value is -0.920. The zero-order chi connectivity index (χ0) is 15.8. The summed E-state index contributed by atoms with van der Waals surface area (Å²) in [5.41, 5.74) is -4.31. The highest BCUT2D eigenvalue weighted by Crippen LogP contribution is 2.33. The second-order valence-electron chi connectivity index (χ2n) is 5.70. The number of hydrogen-bond acceptors (Lipinski definition) is 3. The van der Waals surface area contributed by atoms with Crippen LogP contribution in [0, 0.1) is 5.92 Å². The van der Waals surface area contributed by atoms with Crippen LogP contribution in [-0.4, -0.2) is 58.0 Å². The number of amides is 2. The van der Waals surface area contributed by atoms with E-state index in [1.54, 1.807) is 4.90 Å². The van der Waals surface area contributed by atoms with Crippen LogP contribution in [0.25, 0.3) is 0 Å². The van der Waals surface area contributed by atoms with Crippen LogP contribution in [0.15, 0.2) is 0 Å². The zero-order valence-corrected chi connectivity index (χ0v) is 12.8. The maximum Gasteiger partial charge on any atom is 0.441 e. The molecule has 21 heavy (non-hydrogen) atoms. The normalized spacial score (nSPS) is 26.8. The molecule has 0 saturated carbocycles. The van der Waals surface area contributed by atoms with Gasteiger partial charge in [-0.1, -0.05) is 13.8 Å². The third-order valence-corrected chi connectivity index (χ3v) is 4.64. The topological polar surface area (TPSA) is 40.6 Å². The van der Waals surface area contributed by atoms with Gasteiger partial charge in [0.15, 0.2) is 0 Å². The Balaban J connectivity index is 2.11. The highest BCUT2D eigenvalue weighted by molar-refractivity contribution is 8.00. The van der Waals surface area contributed by atoms with Crippen LogP contribution in [0.1, 0.15) is 26.7 Å². The average molecular weight is 324 g/mol. The first kappa shape index (κ1) is 16.5. The Kier molecular flexibility index (Phi) is 4.75. The number of fused-ring (bicyclic) bond motifs is 1. The van der Waals surface area contributed by atoms with Crippen LogP contribution < -0.4 is 0 Å². The standard InChI is InChI=1S/C13H19F3N2O2S/c1-8(2)10-12(20)17-5-3-4-9(17)11(19)18(10)6-7-21-13(14,15)16/h8-10H,3-7H2,1-2H3. The van der Waals surface area contributed by atoms with Crippen LogP contribution in [0.5, 0.6) is 0 Å². The molecule has 8 heteroatoms. The molecule has 120 valence electrons. The minimum atomic E-state index is -4.31. The molecule has 2 aliphatic heterocycles. The van der Waals surface area contributed by atoms with Gasteiger partial charge >= 0.3 is 5.51 Å². The van der Waals surface area contributed by atoms with Crippen molar-refractivity contribution in [3.63, 3.8) is 0 Å². The first-order chi connectivity index (χ1) is 9.72. The van der Waals surface area contributed by atoms with E-state index in [0.717, 1.165) is 6.42 Å². The van der Waals surface area contributed by atoms with Crippen molar-refractivity contribution in [3.8, 4) is 0 Å². The van der Waals surface area contributed by atoms with E-state index >= 15 is 0 Å². The van der Waals surface area contributed by atoms with Crippen LogP contribution in [0.2, 0.25) is 0 Å². The number of carbonyl (C=O) groups excluding carboxylic acids is 2. The minimum Gasteiger partial charge on any atom is -0.329 e. The number of thioether (sulfide) groups is 1. The molecule has 0 aromatic heterocycles. The van der Waals surface area contributed by atoms with E-state index in [2.05, 4.69) is 0 Å². The quantitative estimate of drug-likeness (QED) is 0.795. The van der Waals surface area contributed by atoms with Crippen LogP contribution in [-0.2, 0) is 9.59 Å². The SMILES string of the molecule is CC(C)C1C(=O)N2CCCC2C(=O)N1CCSC(F)(F)F. The van der Waals surface area contributed by atoms with Gasteiger partial charge in [0.1, 0.15) is 12.1 Å². The molecule has 2 heterocycles. The zero-order valence-electron chi connectivity index (χ0n) is 12.0. The molecule has 2 rings (SSSR count). The van der Waals surface area contributed by atoms with E-state index < -0.39 is 17.6 Å². The van der Waals surface area contributed by atoms with Gasteiger partial charge < -0.3 is 9.80 Å². The minimum absolute atomic E-state index is 0.0397. The Morgan fingerprint density at radius 3 is 2.52 bits per heavy atom. The van der Waals surface area contributed by atoms with Crippen LogP contribution in [0.4, 0.5) is 13.2 Å². The van der Waals surface area contributed by atoms with Gasteiger partial charge in [0, 0.05) is 18.8 Å². The second kappa shape index (κ2) is 6.06. The molecule has 2 fully saturated rings. The lowest BCUT2D eigenvalue weighted by Gasteiger charge is -2.44. The monoisotopic (exact) mass is 324 g/mol. The number of rotatable bonds is 4. The fraction of sp³-hybridized carbons (Fsp3) is 0.846. The summed E-state index contributed by atoms with van der Waals surface area (Å²) in [5.74, 6) is -0.671. The molecule has 0 aliphatic carbocycles. The lowest BCUT2D eigenvalue weighted by molar-refractivity contribution is -0.161. The maximum absolute atomic E-state index is 12.5. The van der Waals surface area contributed by atoms with Gasteiger partial charge in [0.25, 0.3) is 0 Å². The van der Waals surface area contributed by atoms with Crippen molar-refractivity contribution < 1.29 is 22.8 Å². The van der Waals surface area contributed by atoms with Gasteiger partial charge in [0.2, 0.25) is 11.8 Å². The summed E-state index contributed by atoms with van der Waals surface area (Å²) in [7, 11) is 0. The molecule has 4 nitrogen and oxygen atoms in total. The Labute approximate surface area is 126 Å². The number of hydrogen-bond donors (Lipinski definition) is 0. The molecular weight excluding hydrogens is 305 g/mol.